The summed E-state index contributed by atoms with van der Waals surface area (Å²) in [4.78, 5) is 31.3. The van der Waals surface area contributed by atoms with Crippen LogP contribution < -0.4 is 5.32 Å². The maximum Gasteiger partial charge on any atom is 0.236 e. The number of hydrogen-bond acceptors (Lipinski definition) is 5. The molecule has 0 unspecified atom stereocenters. The molecule has 154 valence electrons. The maximum absolute atomic E-state index is 13.1. The minimum Gasteiger partial charge on any atom is -0.301 e. The number of anilines is 1. The highest BCUT2D eigenvalue weighted by Crippen LogP contribution is 2.33. The van der Waals surface area contributed by atoms with Crippen LogP contribution in [-0.2, 0) is 4.79 Å². The van der Waals surface area contributed by atoms with Gasteiger partial charge in [-0.15, -0.1) is 11.8 Å². The molecule has 0 saturated heterocycles. The maximum atomic E-state index is 13.1. The Labute approximate surface area is 187 Å². The topological polar surface area (TPSA) is 59.1 Å². The van der Waals surface area contributed by atoms with Crippen molar-refractivity contribution in [3.8, 4) is 11.3 Å². The van der Waals surface area contributed by atoms with E-state index >= 15 is 0 Å². The van der Waals surface area contributed by atoms with Crippen molar-refractivity contribution < 1.29 is 14.0 Å². The Morgan fingerprint density at radius 3 is 2.23 bits per heavy atom. The van der Waals surface area contributed by atoms with Crippen LogP contribution >= 0.6 is 23.1 Å². The zero-order valence-electron chi connectivity index (χ0n) is 16.2. The molecule has 4 nitrogen and oxygen atoms in total. The van der Waals surface area contributed by atoms with Crippen LogP contribution in [0.3, 0.4) is 0 Å². The fraction of sp³-hybridized carbons (Fsp3) is 0.0417. The Hall–Kier alpha value is -3.29. The number of ketones is 1. The van der Waals surface area contributed by atoms with E-state index in [1.54, 1.807) is 24.3 Å². The average molecular weight is 449 g/mol. The normalized spacial score (nSPS) is 10.6. The summed E-state index contributed by atoms with van der Waals surface area (Å²) in [5, 5.41) is 3.15. The van der Waals surface area contributed by atoms with Crippen LogP contribution in [0.4, 0.5) is 9.52 Å². The zero-order chi connectivity index (χ0) is 21.6. The summed E-state index contributed by atoms with van der Waals surface area (Å²) in [7, 11) is 0. The fourth-order valence-electron chi connectivity index (χ4n) is 2.87. The summed E-state index contributed by atoms with van der Waals surface area (Å²) in [5.41, 5.74) is 1.91. The van der Waals surface area contributed by atoms with Crippen LogP contribution in [0.1, 0.15) is 15.2 Å². The first-order valence-electron chi connectivity index (χ1n) is 9.44. The number of aromatic nitrogens is 1. The Morgan fingerprint density at radius 2 is 1.55 bits per heavy atom. The van der Waals surface area contributed by atoms with Crippen LogP contribution in [0.5, 0.6) is 0 Å². The third-order valence-corrected chi connectivity index (χ3v) is 6.33. The van der Waals surface area contributed by atoms with Crippen molar-refractivity contribution in [1.29, 1.82) is 0 Å². The van der Waals surface area contributed by atoms with Crippen LogP contribution in [0, 0.1) is 5.82 Å². The van der Waals surface area contributed by atoms with E-state index in [9.17, 15) is 14.0 Å². The van der Waals surface area contributed by atoms with Gasteiger partial charge in [-0.3, -0.25) is 9.59 Å². The van der Waals surface area contributed by atoms with E-state index in [1.807, 2.05) is 48.5 Å². The molecule has 0 aliphatic rings. The molecule has 0 aliphatic carbocycles. The smallest absolute Gasteiger partial charge is 0.236 e. The van der Waals surface area contributed by atoms with Gasteiger partial charge in [0, 0.05) is 16.0 Å². The molecule has 0 spiro atoms. The molecule has 31 heavy (non-hydrogen) atoms. The van der Waals surface area contributed by atoms with E-state index in [-0.39, 0.29) is 23.3 Å². The Balaban J connectivity index is 1.55. The molecule has 0 bridgehead atoms. The molecule has 1 N–H and O–H groups in total. The van der Waals surface area contributed by atoms with Crippen LogP contribution in [0.15, 0.2) is 89.8 Å². The van der Waals surface area contributed by atoms with Gasteiger partial charge in [0.25, 0.3) is 0 Å². The number of rotatable bonds is 7. The highest BCUT2D eigenvalue weighted by Gasteiger charge is 2.21. The summed E-state index contributed by atoms with van der Waals surface area (Å²) in [5.74, 6) is -0.561. The standard InChI is InChI=1S/C24H17FN2O2S2/c25-18-11-13-19(14-12-18)30-15-20(28)26-24-27-21(16-7-3-1-4-8-16)23(31-24)22(29)17-9-5-2-6-10-17/h1-14H,15H2,(H,26,27,28). The molecule has 1 amide bonds. The summed E-state index contributed by atoms with van der Waals surface area (Å²) < 4.78 is 13.0. The van der Waals surface area contributed by atoms with E-state index in [0.717, 1.165) is 21.8 Å². The Kier molecular flexibility index (Phi) is 6.54. The van der Waals surface area contributed by atoms with Crippen molar-refractivity contribution in [2.45, 2.75) is 4.90 Å². The molecular weight excluding hydrogens is 431 g/mol. The molecule has 0 aliphatic heterocycles. The van der Waals surface area contributed by atoms with Gasteiger partial charge in [-0.05, 0) is 24.3 Å². The van der Waals surface area contributed by atoms with Crippen LogP contribution in [-0.4, -0.2) is 22.4 Å². The lowest BCUT2D eigenvalue weighted by Crippen LogP contribution is -2.13. The minimum absolute atomic E-state index is 0.141. The number of benzene rings is 3. The number of thioether (sulfide) groups is 1. The molecule has 1 heterocycles. The molecule has 4 rings (SSSR count). The van der Waals surface area contributed by atoms with Gasteiger partial charge in [0.1, 0.15) is 10.7 Å². The number of hydrogen-bond donors (Lipinski definition) is 1. The third kappa shape index (κ3) is 5.25. The number of nitrogens with zero attached hydrogens (tertiary/aromatic N) is 1. The molecule has 0 radical (unpaired) electrons. The largest absolute Gasteiger partial charge is 0.301 e. The number of thiazole rings is 1. The Bertz CT molecular complexity index is 1190. The van der Waals surface area contributed by atoms with Gasteiger partial charge in [-0.1, -0.05) is 72.0 Å². The number of nitrogens with one attached hydrogen (secondary N) is 1. The van der Waals surface area contributed by atoms with Gasteiger partial charge in [0.2, 0.25) is 11.7 Å². The van der Waals surface area contributed by atoms with Crippen LogP contribution in [0.2, 0.25) is 0 Å². The monoisotopic (exact) mass is 448 g/mol. The van der Waals surface area contributed by atoms with Crippen LogP contribution in [0.25, 0.3) is 11.3 Å². The van der Waals surface area contributed by atoms with E-state index in [1.165, 1.54) is 23.9 Å². The minimum atomic E-state index is -0.319. The number of halogens is 1. The lowest BCUT2D eigenvalue weighted by molar-refractivity contribution is -0.113. The first kappa shape index (κ1) is 21.0. The highest BCUT2D eigenvalue weighted by molar-refractivity contribution is 8.00. The molecule has 0 atom stereocenters. The SMILES string of the molecule is O=C(CSc1ccc(F)cc1)Nc1nc(-c2ccccc2)c(C(=O)c2ccccc2)s1. The second-order valence-corrected chi connectivity index (χ2v) is 8.60. The number of amides is 1. The molecule has 0 saturated carbocycles. The van der Waals surface area contributed by atoms with Crippen molar-refractivity contribution in [3.05, 3.63) is 101 Å². The summed E-state index contributed by atoms with van der Waals surface area (Å²) in [6, 6.07) is 24.4. The molecule has 7 heteroatoms. The first-order chi connectivity index (χ1) is 15.1. The molecule has 3 aromatic carbocycles. The van der Waals surface area contributed by atoms with E-state index in [4.69, 9.17) is 0 Å². The number of carbonyl (C=O) groups excluding carboxylic acids is 2. The van der Waals surface area contributed by atoms with Gasteiger partial charge in [0.15, 0.2) is 5.13 Å². The van der Waals surface area contributed by atoms with Crippen molar-refractivity contribution in [3.63, 3.8) is 0 Å². The quantitative estimate of drug-likeness (QED) is 0.282. The molecule has 0 fully saturated rings. The van der Waals surface area contributed by atoms with E-state index in [2.05, 4.69) is 10.3 Å². The average Bonchev–Trinajstić information content (AvgIpc) is 3.23. The second kappa shape index (κ2) is 9.68. The lowest BCUT2D eigenvalue weighted by Gasteiger charge is -2.02. The second-order valence-electron chi connectivity index (χ2n) is 6.55. The predicted octanol–water partition coefficient (Wildman–Crippen LogP) is 5.91. The third-order valence-electron chi connectivity index (χ3n) is 4.35. The molecule has 4 aromatic rings. The van der Waals surface area contributed by atoms with Crippen molar-refractivity contribution in [1.82, 2.24) is 4.98 Å². The van der Waals surface area contributed by atoms with Gasteiger partial charge >= 0.3 is 0 Å². The molecule has 1 aromatic heterocycles. The summed E-state index contributed by atoms with van der Waals surface area (Å²) >= 11 is 2.46. The lowest BCUT2D eigenvalue weighted by atomic mass is 10.1. The fourth-order valence-corrected chi connectivity index (χ4v) is 4.54. The van der Waals surface area contributed by atoms with E-state index in [0.29, 0.717) is 21.3 Å². The van der Waals surface area contributed by atoms with Crippen molar-refractivity contribution in [2.75, 3.05) is 11.1 Å². The summed E-state index contributed by atoms with van der Waals surface area (Å²) in [6.45, 7) is 0. The molecular formula is C24H17FN2O2S2. The number of carbonyl (C=O) groups is 2. The van der Waals surface area contributed by atoms with Gasteiger partial charge in [-0.25, -0.2) is 9.37 Å². The van der Waals surface area contributed by atoms with Crippen molar-refractivity contribution >= 4 is 39.9 Å². The summed E-state index contributed by atoms with van der Waals surface area (Å²) in [6.07, 6.45) is 0. The Morgan fingerprint density at radius 1 is 0.903 bits per heavy atom. The van der Waals surface area contributed by atoms with Gasteiger partial charge < -0.3 is 5.32 Å². The van der Waals surface area contributed by atoms with Crippen molar-refractivity contribution in [2.24, 2.45) is 0 Å². The highest BCUT2D eigenvalue weighted by atomic mass is 32.2. The van der Waals surface area contributed by atoms with Gasteiger partial charge in [-0.2, -0.15) is 0 Å². The van der Waals surface area contributed by atoms with E-state index < -0.39 is 0 Å². The first-order valence-corrected chi connectivity index (χ1v) is 11.2. The zero-order valence-corrected chi connectivity index (χ0v) is 17.9. The predicted molar refractivity (Wildman–Crippen MR) is 123 cm³/mol. The van der Waals surface area contributed by atoms with Gasteiger partial charge in [0.05, 0.1) is 11.4 Å².